The molecule has 0 fully saturated rings. The van der Waals surface area contributed by atoms with Crippen LogP contribution in [0.25, 0.3) is 0 Å². The summed E-state index contributed by atoms with van der Waals surface area (Å²) in [6.45, 7) is 9.91. The lowest BCUT2D eigenvalue weighted by molar-refractivity contribution is -0.137. The van der Waals surface area contributed by atoms with E-state index in [4.69, 9.17) is 4.74 Å². The van der Waals surface area contributed by atoms with Gasteiger partial charge in [-0.25, -0.2) is 4.79 Å². The van der Waals surface area contributed by atoms with Crippen molar-refractivity contribution in [3.8, 4) is 0 Å². The van der Waals surface area contributed by atoms with Crippen molar-refractivity contribution < 1.29 is 9.53 Å². The van der Waals surface area contributed by atoms with Gasteiger partial charge in [-0.2, -0.15) is 0 Å². The van der Waals surface area contributed by atoms with Crippen molar-refractivity contribution in [3.05, 3.63) is 36.5 Å². The second-order valence-corrected chi connectivity index (χ2v) is 4.30. The molecule has 0 saturated heterocycles. The van der Waals surface area contributed by atoms with Crippen LogP contribution in [0.5, 0.6) is 0 Å². The zero-order valence-electron chi connectivity index (χ0n) is 10.00. The maximum absolute atomic E-state index is 10.8. The molecule has 1 aliphatic rings. The number of ether oxygens (including phenoxy) is 1. The van der Waals surface area contributed by atoms with Gasteiger partial charge < -0.3 is 4.74 Å². The lowest BCUT2D eigenvalue weighted by Crippen LogP contribution is -2.09. The zero-order chi connectivity index (χ0) is 12.0. The topological polar surface area (TPSA) is 26.3 Å². The quantitative estimate of drug-likeness (QED) is 0.403. The first kappa shape index (κ1) is 12.8. The number of esters is 1. The molecule has 2 heteroatoms. The molecule has 0 spiro atoms. The van der Waals surface area contributed by atoms with Crippen LogP contribution < -0.4 is 0 Å². The molecule has 0 radical (unpaired) electrons. The number of carbonyl (C=O) groups is 1. The molecule has 88 valence electrons. The Morgan fingerprint density at radius 3 is 2.94 bits per heavy atom. The van der Waals surface area contributed by atoms with Crippen molar-refractivity contribution in [2.24, 2.45) is 5.92 Å². The lowest BCUT2D eigenvalue weighted by atomic mass is 9.85. The molecule has 1 aliphatic carbocycles. The van der Waals surface area contributed by atoms with E-state index in [1.807, 2.05) is 0 Å². The summed E-state index contributed by atoms with van der Waals surface area (Å²) in [7, 11) is 0. The molecule has 0 aromatic heterocycles. The summed E-state index contributed by atoms with van der Waals surface area (Å²) in [5.41, 5.74) is 2.67. The predicted octanol–water partition coefficient (Wildman–Crippen LogP) is 3.41. The third kappa shape index (κ3) is 4.05. The number of rotatable bonds is 5. The van der Waals surface area contributed by atoms with E-state index in [0.29, 0.717) is 12.5 Å². The number of hydrogen-bond donors (Lipinski definition) is 0. The summed E-state index contributed by atoms with van der Waals surface area (Å²) >= 11 is 0. The number of hydrogen-bond acceptors (Lipinski definition) is 2. The second-order valence-electron chi connectivity index (χ2n) is 4.30. The Bertz CT molecular complexity index is 313. The normalized spacial score (nSPS) is 19.8. The van der Waals surface area contributed by atoms with Gasteiger partial charge in [0.1, 0.15) is 0 Å². The first-order chi connectivity index (χ1) is 7.63. The minimum absolute atomic E-state index is 0.337. The van der Waals surface area contributed by atoms with Crippen LogP contribution in [0.3, 0.4) is 0 Å². The molecular weight excluding hydrogens is 200 g/mol. The first-order valence-electron chi connectivity index (χ1n) is 5.76. The van der Waals surface area contributed by atoms with Crippen LogP contribution in [0.15, 0.2) is 36.5 Å². The van der Waals surface area contributed by atoms with Gasteiger partial charge >= 0.3 is 5.97 Å². The minimum Gasteiger partial charge on any atom is -0.462 e. The Morgan fingerprint density at radius 2 is 2.44 bits per heavy atom. The van der Waals surface area contributed by atoms with E-state index in [0.717, 1.165) is 19.3 Å². The average Bonchev–Trinajstić information content (AvgIpc) is 2.29. The van der Waals surface area contributed by atoms with Crippen molar-refractivity contribution in [1.29, 1.82) is 0 Å². The van der Waals surface area contributed by atoms with E-state index in [2.05, 4.69) is 26.2 Å². The highest BCUT2D eigenvalue weighted by molar-refractivity contribution is 5.81. The molecule has 1 atom stereocenters. The van der Waals surface area contributed by atoms with Crippen molar-refractivity contribution in [3.63, 3.8) is 0 Å². The van der Waals surface area contributed by atoms with Gasteiger partial charge in [0.05, 0.1) is 6.61 Å². The standard InChI is InChI=1S/C14H20O2/c1-4-14(15)16-10-9-12-5-7-13(8-6-12)11(2)3/h4-5,13H,1-2,6-10H2,3H3. The Labute approximate surface area is 97.7 Å². The molecule has 16 heavy (non-hydrogen) atoms. The highest BCUT2D eigenvalue weighted by Gasteiger charge is 2.14. The molecule has 0 bridgehead atoms. The summed E-state index contributed by atoms with van der Waals surface area (Å²) in [6, 6.07) is 0. The lowest BCUT2D eigenvalue weighted by Gasteiger charge is -2.22. The van der Waals surface area contributed by atoms with Crippen molar-refractivity contribution >= 4 is 5.97 Å². The van der Waals surface area contributed by atoms with E-state index in [1.165, 1.54) is 23.6 Å². The maximum Gasteiger partial charge on any atom is 0.330 e. The molecule has 0 aromatic rings. The summed E-state index contributed by atoms with van der Waals surface area (Å²) < 4.78 is 4.95. The Morgan fingerprint density at radius 1 is 1.69 bits per heavy atom. The van der Waals surface area contributed by atoms with Gasteiger partial charge in [-0.3, -0.25) is 0 Å². The van der Waals surface area contributed by atoms with Gasteiger partial charge in [-0.05, 0) is 32.1 Å². The second kappa shape index (κ2) is 6.31. The molecule has 0 saturated carbocycles. The van der Waals surface area contributed by atoms with Crippen LogP contribution in [-0.4, -0.2) is 12.6 Å². The van der Waals surface area contributed by atoms with E-state index < -0.39 is 0 Å². The fourth-order valence-electron chi connectivity index (χ4n) is 1.90. The largest absolute Gasteiger partial charge is 0.462 e. The first-order valence-corrected chi connectivity index (χ1v) is 5.76. The Kier molecular flexibility index (Phi) is 5.03. The average molecular weight is 220 g/mol. The van der Waals surface area contributed by atoms with Crippen LogP contribution in [0, 0.1) is 5.92 Å². The van der Waals surface area contributed by atoms with E-state index >= 15 is 0 Å². The van der Waals surface area contributed by atoms with E-state index in [-0.39, 0.29) is 5.97 Å². The molecule has 0 aliphatic heterocycles. The fraction of sp³-hybridized carbons (Fsp3) is 0.500. The third-order valence-electron chi connectivity index (χ3n) is 3.04. The Hall–Kier alpha value is -1.31. The van der Waals surface area contributed by atoms with E-state index in [9.17, 15) is 4.79 Å². The van der Waals surface area contributed by atoms with Gasteiger partial charge in [0, 0.05) is 12.5 Å². The Balaban J connectivity index is 2.27. The molecule has 0 N–H and O–H groups in total. The molecule has 1 unspecified atom stereocenters. The van der Waals surface area contributed by atoms with Crippen molar-refractivity contribution in [2.75, 3.05) is 6.61 Å². The van der Waals surface area contributed by atoms with Gasteiger partial charge in [0.25, 0.3) is 0 Å². The zero-order valence-corrected chi connectivity index (χ0v) is 10.00. The van der Waals surface area contributed by atoms with Crippen LogP contribution in [0.4, 0.5) is 0 Å². The number of carbonyl (C=O) groups excluding carboxylic acids is 1. The molecule has 1 rings (SSSR count). The van der Waals surface area contributed by atoms with Gasteiger partial charge in [-0.15, -0.1) is 0 Å². The highest BCUT2D eigenvalue weighted by atomic mass is 16.5. The van der Waals surface area contributed by atoms with Crippen LogP contribution in [0.2, 0.25) is 0 Å². The molecule has 0 heterocycles. The predicted molar refractivity (Wildman–Crippen MR) is 66.0 cm³/mol. The SMILES string of the molecule is C=CC(=O)OCCC1=CCC(C(=C)C)CC1. The highest BCUT2D eigenvalue weighted by Crippen LogP contribution is 2.29. The van der Waals surface area contributed by atoms with Crippen LogP contribution in [-0.2, 0) is 9.53 Å². The summed E-state index contributed by atoms with van der Waals surface area (Å²) in [4.78, 5) is 10.8. The minimum atomic E-state index is -0.337. The van der Waals surface area contributed by atoms with Crippen LogP contribution in [0.1, 0.15) is 32.6 Å². The third-order valence-corrected chi connectivity index (χ3v) is 3.04. The maximum atomic E-state index is 10.8. The van der Waals surface area contributed by atoms with Crippen molar-refractivity contribution in [2.45, 2.75) is 32.6 Å². The molecular formula is C14H20O2. The van der Waals surface area contributed by atoms with Gasteiger partial charge in [0.15, 0.2) is 0 Å². The number of allylic oxidation sites excluding steroid dienone is 2. The molecule has 0 aromatic carbocycles. The fourth-order valence-corrected chi connectivity index (χ4v) is 1.90. The summed E-state index contributed by atoms with van der Waals surface area (Å²) in [5.74, 6) is 0.302. The van der Waals surface area contributed by atoms with E-state index in [1.54, 1.807) is 0 Å². The van der Waals surface area contributed by atoms with Crippen LogP contribution >= 0.6 is 0 Å². The smallest absolute Gasteiger partial charge is 0.330 e. The van der Waals surface area contributed by atoms with Gasteiger partial charge in [0.2, 0.25) is 0 Å². The summed E-state index contributed by atoms with van der Waals surface area (Å²) in [6.07, 6.45) is 7.68. The summed E-state index contributed by atoms with van der Waals surface area (Å²) in [5, 5.41) is 0. The van der Waals surface area contributed by atoms with Crippen molar-refractivity contribution in [1.82, 2.24) is 0 Å². The molecule has 2 nitrogen and oxygen atoms in total. The monoisotopic (exact) mass is 220 g/mol. The molecule has 0 amide bonds. The van der Waals surface area contributed by atoms with Gasteiger partial charge in [-0.1, -0.05) is 30.4 Å².